The number of allylic oxidation sites excluding steroid dienone is 6. The van der Waals surface area contributed by atoms with Crippen molar-refractivity contribution in [3.05, 3.63) is 228 Å². The van der Waals surface area contributed by atoms with Gasteiger partial charge in [0.05, 0.1) is 0 Å². The SMILES string of the molecule is N#CC(C#N)=C1C=C(/C=C/c2ccc(N(c3ccccc3)c3ccccc3)cc2)OC(/C=C/c2ccc(N(c3ccccc3)c3ccccc3)cc2)=C1. The van der Waals surface area contributed by atoms with Crippen molar-refractivity contribution >= 4 is 46.3 Å². The molecule has 0 aliphatic carbocycles. The Labute approximate surface area is 310 Å². The van der Waals surface area contributed by atoms with E-state index in [-0.39, 0.29) is 5.57 Å². The number of benzene rings is 6. The lowest BCUT2D eigenvalue weighted by atomic mass is 10.0. The fourth-order valence-corrected chi connectivity index (χ4v) is 6.03. The molecule has 0 radical (unpaired) electrons. The summed E-state index contributed by atoms with van der Waals surface area (Å²) in [7, 11) is 0. The van der Waals surface area contributed by atoms with Crippen LogP contribution in [0.1, 0.15) is 11.1 Å². The molecule has 1 heterocycles. The Kier molecular flexibility index (Phi) is 10.5. The first-order chi connectivity index (χ1) is 26.2. The second-order valence-corrected chi connectivity index (χ2v) is 12.1. The van der Waals surface area contributed by atoms with Gasteiger partial charge in [-0.2, -0.15) is 10.5 Å². The fraction of sp³-hybridized carbons (Fsp3) is 0. The Balaban J connectivity index is 1.10. The van der Waals surface area contributed by atoms with Crippen molar-refractivity contribution in [1.29, 1.82) is 10.5 Å². The van der Waals surface area contributed by atoms with Crippen molar-refractivity contribution in [2.75, 3.05) is 9.80 Å². The standard InChI is InChI=1S/C48H34N4O/c49-35-40(36-50)39-33-47(31-25-37-21-27-45(28-22-37)51(41-13-5-1-6-14-41)42-15-7-2-8-16-42)53-48(34-39)32-26-38-23-29-46(30-24-38)52(43-17-9-3-10-18-43)44-19-11-4-12-20-44/h1-34H/b31-25+,32-26+. The second-order valence-electron chi connectivity index (χ2n) is 12.1. The van der Waals surface area contributed by atoms with Crippen molar-refractivity contribution in [1.82, 2.24) is 0 Å². The van der Waals surface area contributed by atoms with Crippen LogP contribution in [0.25, 0.3) is 12.2 Å². The van der Waals surface area contributed by atoms with Gasteiger partial charge in [0.15, 0.2) is 0 Å². The lowest BCUT2D eigenvalue weighted by Gasteiger charge is -2.25. The van der Waals surface area contributed by atoms with Crippen molar-refractivity contribution in [3.8, 4) is 12.1 Å². The molecular formula is C48H34N4O. The topological polar surface area (TPSA) is 63.3 Å². The third kappa shape index (κ3) is 8.24. The average Bonchev–Trinajstić information content (AvgIpc) is 3.22. The molecule has 5 heteroatoms. The molecule has 5 nitrogen and oxygen atoms in total. The summed E-state index contributed by atoms with van der Waals surface area (Å²) >= 11 is 0. The first-order valence-corrected chi connectivity index (χ1v) is 17.2. The zero-order chi connectivity index (χ0) is 36.2. The number of ether oxygens (including phenoxy) is 1. The molecule has 0 atom stereocenters. The minimum Gasteiger partial charge on any atom is -0.457 e. The summed E-state index contributed by atoms with van der Waals surface area (Å²) < 4.78 is 6.23. The van der Waals surface area contributed by atoms with Crippen LogP contribution in [0.5, 0.6) is 0 Å². The first kappa shape index (κ1) is 33.9. The highest BCUT2D eigenvalue weighted by atomic mass is 16.5. The fourth-order valence-electron chi connectivity index (χ4n) is 6.03. The zero-order valence-electron chi connectivity index (χ0n) is 28.8. The van der Waals surface area contributed by atoms with Crippen molar-refractivity contribution < 1.29 is 4.74 Å². The van der Waals surface area contributed by atoms with Gasteiger partial charge in [0.25, 0.3) is 0 Å². The second kappa shape index (κ2) is 16.4. The Bertz CT molecular complexity index is 2150. The van der Waals surface area contributed by atoms with E-state index in [4.69, 9.17) is 4.74 Å². The molecule has 0 amide bonds. The predicted molar refractivity (Wildman–Crippen MR) is 216 cm³/mol. The quantitative estimate of drug-likeness (QED) is 0.135. The van der Waals surface area contributed by atoms with Gasteiger partial charge in [0.1, 0.15) is 29.2 Å². The predicted octanol–water partition coefficient (Wildman–Crippen LogP) is 12.5. The van der Waals surface area contributed by atoms with E-state index in [0.717, 1.165) is 45.3 Å². The van der Waals surface area contributed by atoms with Crippen LogP contribution in [-0.4, -0.2) is 0 Å². The number of nitriles is 2. The normalized spacial score (nSPS) is 12.3. The van der Waals surface area contributed by atoms with E-state index in [1.54, 1.807) is 12.2 Å². The van der Waals surface area contributed by atoms with Crippen molar-refractivity contribution in [2.24, 2.45) is 0 Å². The molecular weight excluding hydrogens is 649 g/mol. The van der Waals surface area contributed by atoms with Crippen LogP contribution >= 0.6 is 0 Å². The molecule has 0 saturated carbocycles. The van der Waals surface area contributed by atoms with Gasteiger partial charge in [-0.3, -0.25) is 0 Å². The number of rotatable bonds is 10. The number of anilines is 6. The highest BCUT2D eigenvalue weighted by Crippen LogP contribution is 2.36. The van der Waals surface area contributed by atoms with Gasteiger partial charge in [-0.25, -0.2) is 0 Å². The lowest BCUT2D eigenvalue weighted by molar-refractivity contribution is 0.332. The number of para-hydroxylation sites is 4. The largest absolute Gasteiger partial charge is 0.457 e. The summed E-state index contributed by atoms with van der Waals surface area (Å²) in [6.07, 6.45) is 11.0. The van der Waals surface area contributed by atoms with E-state index in [9.17, 15) is 10.5 Å². The maximum Gasteiger partial charge on any atom is 0.137 e. The first-order valence-electron chi connectivity index (χ1n) is 17.2. The Morgan fingerprint density at radius 1 is 0.396 bits per heavy atom. The maximum atomic E-state index is 9.66. The van der Waals surface area contributed by atoms with E-state index in [2.05, 4.69) is 107 Å². The van der Waals surface area contributed by atoms with Crippen LogP contribution in [0, 0.1) is 22.7 Å². The average molecular weight is 683 g/mol. The van der Waals surface area contributed by atoms with Gasteiger partial charge >= 0.3 is 0 Å². The molecule has 0 aromatic heterocycles. The third-order valence-electron chi connectivity index (χ3n) is 8.58. The van der Waals surface area contributed by atoms with E-state index in [1.807, 2.05) is 109 Å². The summed E-state index contributed by atoms with van der Waals surface area (Å²) in [5, 5.41) is 19.3. The van der Waals surface area contributed by atoms with E-state index < -0.39 is 0 Å². The summed E-state index contributed by atoms with van der Waals surface area (Å²) in [4.78, 5) is 4.42. The Morgan fingerprint density at radius 3 is 1.00 bits per heavy atom. The molecule has 1 aliphatic heterocycles. The van der Waals surface area contributed by atoms with E-state index in [0.29, 0.717) is 17.1 Å². The smallest absolute Gasteiger partial charge is 0.137 e. The molecule has 0 saturated heterocycles. The third-order valence-corrected chi connectivity index (χ3v) is 8.58. The highest BCUT2D eigenvalue weighted by molar-refractivity contribution is 5.78. The molecule has 0 spiro atoms. The Morgan fingerprint density at radius 2 is 0.698 bits per heavy atom. The zero-order valence-corrected chi connectivity index (χ0v) is 28.8. The molecule has 0 N–H and O–H groups in total. The molecule has 0 unspecified atom stereocenters. The van der Waals surface area contributed by atoms with Gasteiger partial charge in [-0.05, 0) is 108 Å². The minimum absolute atomic E-state index is 0.0163. The van der Waals surface area contributed by atoms with Crippen LogP contribution in [0.3, 0.4) is 0 Å². The van der Waals surface area contributed by atoms with Crippen LogP contribution in [0.4, 0.5) is 34.1 Å². The summed E-state index contributed by atoms with van der Waals surface area (Å²) in [6.45, 7) is 0. The lowest BCUT2D eigenvalue weighted by Crippen LogP contribution is -2.09. The highest BCUT2D eigenvalue weighted by Gasteiger charge is 2.14. The number of hydrogen-bond donors (Lipinski definition) is 0. The van der Waals surface area contributed by atoms with Crippen molar-refractivity contribution in [2.45, 2.75) is 0 Å². The molecule has 252 valence electrons. The van der Waals surface area contributed by atoms with E-state index >= 15 is 0 Å². The van der Waals surface area contributed by atoms with Gasteiger partial charge in [0.2, 0.25) is 0 Å². The molecule has 7 rings (SSSR count). The summed E-state index contributed by atoms with van der Waals surface area (Å²) in [5.74, 6) is 1.03. The van der Waals surface area contributed by atoms with Gasteiger partial charge in [-0.1, -0.05) is 109 Å². The van der Waals surface area contributed by atoms with Gasteiger partial charge < -0.3 is 14.5 Å². The van der Waals surface area contributed by atoms with Crippen LogP contribution in [0.15, 0.2) is 217 Å². The number of nitrogens with zero attached hydrogens (tertiary/aromatic N) is 4. The van der Waals surface area contributed by atoms with Crippen molar-refractivity contribution in [3.63, 3.8) is 0 Å². The molecule has 0 bridgehead atoms. The Hall–Kier alpha value is -7.60. The van der Waals surface area contributed by atoms with Crippen LogP contribution in [-0.2, 0) is 4.74 Å². The van der Waals surface area contributed by atoms with Crippen LogP contribution < -0.4 is 9.80 Å². The molecule has 0 fully saturated rings. The summed E-state index contributed by atoms with van der Waals surface area (Å²) in [6, 6.07) is 61.7. The molecule has 1 aliphatic rings. The van der Waals surface area contributed by atoms with E-state index in [1.165, 1.54) is 0 Å². The summed E-state index contributed by atoms with van der Waals surface area (Å²) in [5.41, 5.74) is 8.78. The molecule has 6 aromatic rings. The monoisotopic (exact) mass is 682 g/mol. The molecule has 53 heavy (non-hydrogen) atoms. The van der Waals surface area contributed by atoms with Gasteiger partial charge in [0, 0.05) is 39.7 Å². The number of hydrogen-bond acceptors (Lipinski definition) is 5. The minimum atomic E-state index is 0.0163. The van der Waals surface area contributed by atoms with Crippen LogP contribution in [0.2, 0.25) is 0 Å². The maximum absolute atomic E-state index is 9.66. The molecule has 6 aromatic carbocycles. The van der Waals surface area contributed by atoms with Gasteiger partial charge in [-0.15, -0.1) is 0 Å².